The average molecular weight is 447 g/mol. The molecule has 1 fully saturated rings. The molecule has 5 rings (SSSR count). The number of hydrogen-bond acceptors (Lipinski definition) is 4. The first-order chi connectivity index (χ1) is 16.6. The van der Waals surface area contributed by atoms with Gasteiger partial charge in [-0.3, -0.25) is 9.69 Å². The third kappa shape index (κ3) is 3.24. The number of nitriles is 1. The highest BCUT2D eigenvalue weighted by molar-refractivity contribution is 6.09. The zero-order valence-electron chi connectivity index (χ0n) is 18.5. The molecule has 0 radical (unpaired) electrons. The molecule has 0 aliphatic carbocycles. The number of carbonyl (C=O) groups is 2. The number of carbonyl (C=O) groups excluding carboxylic acids is 2. The highest BCUT2D eigenvalue weighted by Crippen LogP contribution is 2.37. The summed E-state index contributed by atoms with van der Waals surface area (Å²) in [5.41, 5.74) is 2.06. The number of rotatable bonds is 5. The van der Waals surface area contributed by atoms with Crippen molar-refractivity contribution in [3.8, 4) is 11.8 Å². The molecule has 1 aliphatic rings. The van der Waals surface area contributed by atoms with Gasteiger partial charge in [0.05, 0.1) is 29.2 Å². The van der Waals surface area contributed by atoms with Crippen molar-refractivity contribution in [3.05, 3.63) is 119 Å². The van der Waals surface area contributed by atoms with E-state index in [9.17, 15) is 14.9 Å². The van der Waals surface area contributed by atoms with Crippen molar-refractivity contribution >= 4 is 11.9 Å². The van der Waals surface area contributed by atoms with Crippen LogP contribution in [0, 0.1) is 18.3 Å². The molecular formula is C27H21N5O2. The van der Waals surface area contributed by atoms with Crippen LogP contribution in [0.2, 0.25) is 0 Å². The number of nitrogens with zero attached hydrogens (tertiary/aromatic N) is 4. The molecule has 7 heteroatoms. The standard InChI is InChI=1S/C27H21N5O2/c1-19-23(17-28)24(32(30-19)22-15-9-4-10-16-22)18-31-25(33)27(29-26(31)34,20-11-5-2-6-12-20)21-13-7-3-8-14-21/h2-16H,18H2,1H3,(H,29,34). The van der Waals surface area contributed by atoms with Crippen LogP contribution in [0.1, 0.15) is 28.1 Å². The van der Waals surface area contributed by atoms with Crippen molar-refractivity contribution in [1.82, 2.24) is 20.0 Å². The summed E-state index contributed by atoms with van der Waals surface area (Å²) in [6.45, 7) is 1.65. The topological polar surface area (TPSA) is 91.0 Å². The Balaban J connectivity index is 1.62. The van der Waals surface area contributed by atoms with E-state index in [1.54, 1.807) is 11.6 Å². The van der Waals surface area contributed by atoms with Crippen LogP contribution < -0.4 is 5.32 Å². The molecule has 0 spiro atoms. The van der Waals surface area contributed by atoms with Crippen molar-refractivity contribution in [2.45, 2.75) is 19.0 Å². The van der Waals surface area contributed by atoms with Crippen LogP contribution in [0.25, 0.3) is 5.69 Å². The molecule has 0 bridgehead atoms. The van der Waals surface area contributed by atoms with Gasteiger partial charge in [-0.1, -0.05) is 78.9 Å². The van der Waals surface area contributed by atoms with E-state index in [1.807, 2.05) is 91.0 Å². The van der Waals surface area contributed by atoms with Crippen molar-refractivity contribution < 1.29 is 9.59 Å². The Labute approximate surface area is 196 Å². The fourth-order valence-electron chi connectivity index (χ4n) is 4.45. The summed E-state index contributed by atoms with van der Waals surface area (Å²) in [4.78, 5) is 28.5. The van der Waals surface area contributed by atoms with Gasteiger partial charge in [0.1, 0.15) is 6.07 Å². The predicted octanol–water partition coefficient (Wildman–Crippen LogP) is 4.05. The molecule has 1 aliphatic heterocycles. The quantitative estimate of drug-likeness (QED) is 0.467. The molecular weight excluding hydrogens is 426 g/mol. The van der Waals surface area contributed by atoms with Crippen LogP contribution in [0.15, 0.2) is 91.0 Å². The van der Waals surface area contributed by atoms with Crippen molar-refractivity contribution in [3.63, 3.8) is 0 Å². The largest absolute Gasteiger partial charge is 0.325 e. The number of amides is 3. The van der Waals surface area contributed by atoms with Gasteiger partial charge in [-0.05, 0) is 30.2 Å². The lowest BCUT2D eigenvalue weighted by atomic mass is 9.82. The van der Waals surface area contributed by atoms with Crippen LogP contribution in [0.4, 0.5) is 4.79 Å². The Morgan fingerprint density at radius 2 is 1.41 bits per heavy atom. The molecule has 0 unspecified atom stereocenters. The number of benzene rings is 3. The van der Waals surface area contributed by atoms with Gasteiger partial charge in [0.25, 0.3) is 5.91 Å². The molecule has 34 heavy (non-hydrogen) atoms. The smallest absolute Gasteiger partial charge is 0.315 e. The summed E-state index contributed by atoms with van der Waals surface area (Å²) >= 11 is 0. The van der Waals surface area contributed by atoms with Gasteiger partial charge in [0.2, 0.25) is 0 Å². The van der Waals surface area contributed by atoms with E-state index in [2.05, 4.69) is 16.5 Å². The molecule has 4 aromatic rings. The van der Waals surface area contributed by atoms with Gasteiger partial charge in [0, 0.05) is 0 Å². The second-order valence-electron chi connectivity index (χ2n) is 8.07. The van der Waals surface area contributed by atoms with E-state index in [4.69, 9.17) is 0 Å². The highest BCUT2D eigenvalue weighted by atomic mass is 16.2. The van der Waals surface area contributed by atoms with Crippen LogP contribution in [0.3, 0.4) is 0 Å². The molecule has 3 aromatic carbocycles. The Kier molecular flexibility index (Phi) is 5.19. The second kappa shape index (κ2) is 8.34. The number of urea groups is 1. The lowest BCUT2D eigenvalue weighted by Gasteiger charge is -2.28. The number of imide groups is 1. The van der Waals surface area contributed by atoms with Crippen molar-refractivity contribution in [1.29, 1.82) is 5.26 Å². The number of hydrogen-bond donors (Lipinski definition) is 1. The summed E-state index contributed by atoms with van der Waals surface area (Å²) < 4.78 is 1.62. The SMILES string of the molecule is Cc1nn(-c2ccccc2)c(CN2C(=O)NC(c3ccccc3)(c3ccccc3)C2=O)c1C#N. The average Bonchev–Trinajstić information content (AvgIpc) is 3.34. The minimum Gasteiger partial charge on any atom is -0.315 e. The van der Waals surface area contributed by atoms with Gasteiger partial charge in [-0.2, -0.15) is 10.4 Å². The van der Waals surface area contributed by atoms with Crippen LogP contribution in [0.5, 0.6) is 0 Å². The van der Waals surface area contributed by atoms with Gasteiger partial charge in [0.15, 0.2) is 5.54 Å². The monoisotopic (exact) mass is 447 g/mol. The summed E-state index contributed by atoms with van der Waals surface area (Å²) in [7, 11) is 0. The maximum Gasteiger partial charge on any atom is 0.325 e. The molecule has 166 valence electrons. The number of aromatic nitrogens is 2. The van der Waals surface area contributed by atoms with Gasteiger partial charge in [-0.15, -0.1) is 0 Å². The molecule has 0 atom stereocenters. The Bertz CT molecular complexity index is 1370. The van der Waals surface area contributed by atoms with Gasteiger partial charge in [-0.25, -0.2) is 9.48 Å². The van der Waals surface area contributed by atoms with Crippen LogP contribution in [-0.2, 0) is 16.9 Å². The molecule has 1 aromatic heterocycles. The minimum absolute atomic E-state index is 0.0925. The number of aryl methyl sites for hydroxylation is 1. The molecule has 1 saturated heterocycles. The number of nitrogens with one attached hydrogen (secondary N) is 1. The summed E-state index contributed by atoms with van der Waals surface area (Å²) in [6.07, 6.45) is 0. The molecule has 0 saturated carbocycles. The lowest BCUT2D eigenvalue weighted by molar-refractivity contribution is -0.130. The van der Waals surface area contributed by atoms with Gasteiger partial charge >= 0.3 is 6.03 Å². The first-order valence-corrected chi connectivity index (χ1v) is 10.9. The van der Waals surface area contributed by atoms with E-state index < -0.39 is 17.5 Å². The highest BCUT2D eigenvalue weighted by Gasteiger charge is 2.53. The fourth-order valence-corrected chi connectivity index (χ4v) is 4.45. The molecule has 7 nitrogen and oxygen atoms in total. The third-order valence-electron chi connectivity index (χ3n) is 6.10. The van der Waals surface area contributed by atoms with E-state index in [-0.39, 0.29) is 6.54 Å². The van der Waals surface area contributed by atoms with Crippen molar-refractivity contribution in [2.24, 2.45) is 0 Å². The Morgan fingerprint density at radius 1 is 0.882 bits per heavy atom. The molecule has 2 heterocycles. The summed E-state index contributed by atoms with van der Waals surface area (Å²) in [5.74, 6) is -0.405. The number of para-hydroxylation sites is 1. The lowest BCUT2D eigenvalue weighted by Crippen LogP contribution is -2.45. The molecule has 3 amide bonds. The first kappa shape index (κ1) is 21.2. The zero-order valence-corrected chi connectivity index (χ0v) is 18.5. The van der Waals surface area contributed by atoms with Crippen molar-refractivity contribution in [2.75, 3.05) is 0 Å². The fraction of sp³-hybridized carbons (Fsp3) is 0.111. The van der Waals surface area contributed by atoms with E-state index in [0.29, 0.717) is 28.1 Å². The Morgan fingerprint density at radius 3 is 1.94 bits per heavy atom. The van der Waals surface area contributed by atoms with E-state index >= 15 is 0 Å². The summed E-state index contributed by atoms with van der Waals surface area (Å²) in [5, 5.41) is 17.3. The Hall–Kier alpha value is -4.70. The summed E-state index contributed by atoms with van der Waals surface area (Å²) in [6, 6.07) is 29.4. The van der Waals surface area contributed by atoms with E-state index in [1.165, 1.54) is 0 Å². The van der Waals surface area contributed by atoms with Crippen LogP contribution >= 0.6 is 0 Å². The zero-order chi connectivity index (χ0) is 23.7. The van der Waals surface area contributed by atoms with Crippen LogP contribution in [-0.4, -0.2) is 26.6 Å². The second-order valence-corrected chi connectivity index (χ2v) is 8.07. The maximum absolute atomic E-state index is 14.0. The third-order valence-corrected chi connectivity index (χ3v) is 6.10. The first-order valence-electron chi connectivity index (χ1n) is 10.9. The normalized spacial score (nSPS) is 14.6. The van der Waals surface area contributed by atoms with E-state index in [0.717, 1.165) is 10.6 Å². The molecule has 1 N–H and O–H groups in total. The van der Waals surface area contributed by atoms with Gasteiger partial charge < -0.3 is 5.32 Å². The predicted molar refractivity (Wildman–Crippen MR) is 126 cm³/mol. The minimum atomic E-state index is -1.36. The maximum atomic E-state index is 14.0.